The molecule has 0 unspecified atom stereocenters. The van der Waals surface area contributed by atoms with Gasteiger partial charge >= 0.3 is 0 Å². The summed E-state index contributed by atoms with van der Waals surface area (Å²) >= 11 is 0. The Kier molecular flexibility index (Phi) is 4.75. The van der Waals surface area contributed by atoms with Crippen LogP contribution in [-0.2, 0) is 0 Å². The minimum atomic E-state index is -0.625. The highest BCUT2D eigenvalue weighted by Crippen LogP contribution is 2.35. The third-order valence-electron chi connectivity index (χ3n) is 4.54. The quantitative estimate of drug-likeness (QED) is 0.710. The number of fused-ring (bicyclic) bond motifs is 1. The van der Waals surface area contributed by atoms with Crippen LogP contribution in [-0.4, -0.2) is 29.3 Å². The largest absolute Gasteiger partial charge is 0.486 e. The molecule has 0 radical (unpaired) electrons. The molecule has 29 heavy (non-hydrogen) atoms. The molecule has 1 amide bonds. The Hall–Kier alpha value is -3.68. The molecule has 4 rings (SSSR count). The van der Waals surface area contributed by atoms with Crippen LogP contribution in [0.25, 0.3) is 11.1 Å². The van der Waals surface area contributed by atoms with Crippen LogP contribution < -0.4 is 20.3 Å². The van der Waals surface area contributed by atoms with Crippen molar-refractivity contribution in [3.05, 3.63) is 69.4 Å². The molecule has 7 nitrogen and oxygen atoms in total. The van der Waals surface area contributed by atoms with Gasteiger partial charge in [0.15, 0.2) is 11.5 Å². The molecule has 8 heteroatoms. The van der Waals surface area contributed by atoms with E-state index >= 15 is 0 Å². The zero-order chi connectivity index (χ0) is 20.5. The molecule has 0 saturated carbocycles. The van der Waals surface area contributed by atoms with Crippen LogP contribution in [0.15, 0.2) is 41.2 Å². The average molecular weight is 395 g/mol. The van der Waals surface area contributed by atoms with Crippen molar-refractivity contribution in [2.45, 2.75) is 13.8 Å². The topological polar surface area (TPSA) is 93.3 Å². The molecule has 2 N–H and O–H groups in total. The second-order valence-corrected chi connectivity index (χ2v) is 6.75. The first kappa shape index (κ1) is 18.7. The van der Waals surface area contributed by atoms with E-state index < -0.39 is 17.3 Å². The molecule has 0 aliphatic carbocycles. The van der Waals surface area contributed by atoms with Gasteiger partial charge in [-0.05, 0) is 55.3 Å². The minimum absolute atomic E-state index is 0.0863. The number of aromatic nitrogens is 2. The van der Waals surface area contributed by atoms with Crippen molar-refractivity contribution in [3.63, 3.8) is 0 Å². The number of carbonyl (C=O) groups excluding carboxylic acids is 1. The first-order valence-corrected chi connectivity index (χ1v) is 8.99. The van der Waals surface area contributed by atoms with Crippen LogP contribution >= 0.6 is 0 Å². The predicted octanol–water partition coefficient (Wildman–Crippen LogP) is 3.22. The van der Waals surface area contributed by atoms with Crippen molar-refractivity contribution < 1.29 is 18.7 Å². The summed E-state index contributed by atoms with van der Waals surface area (Å²) in [4.78, 5) is 24.8. The van der Waals surface area contributed by atoms with Crippen molar-refractivity contribution in [2.75, 3.05) is 18.5 Å². The number of carbonyl (C=O) groups is 1. The van der Waals surface area contributed by atoms with Crippen LogP contribution in [0.1, 0.15) is 21.6 Å². The summed E-state index contributed by atoms with van der Waals surface area (Å²) in [6.45, 7) is 4.43. The summed E-state index contributed by atoms with van der Waals surface area (Å²) in [6.07, 6.45) is 0. The number of nitrogens with one attached hydrogen (secondary N) is 2. The van der Waals surface area contributed by atoms with Gasteiger partial charge in [-0.1, -0.05) is 0 Å². The lowest BCUT2D eigenvalue weighted by molar-refractivity contribution is 0.102. The van der Waals surface area contributed by atoms with Gasteiger partial charge in [-0.2, -0.15) is 5.10 Å². The lowest BCUT2D eigenvalue weighted by atomic mass is 10.0. The highest BCUT2D eigenvalue weighted by molar-refractivity contribution is 6.05. The zero-order valence-electron chi connectivity index (χ0n) is 15.8. The monoisotopic (exact) mass is 395 g/mol. The first-order chi connectivity index (χ1) is 13.9. The molecule has 3 aromatic rings. The van der Waals surface area contributed by atoms with Gasteiger partial charge < -0.3 is 14.8 Å². The normalized spacial score (nSPS) is 12.5. The lowest BCUT2D eigenvalue weighted by Gasteiger charge is -2.20. The summed E-state index contributed by atoms with van der Waals surface area (Å²) in [6, 6.07) is 8.79. The summed E-state index contributed by atoms with van der Waals surface area (Å²) in [5.74, 6) is 0.0242. The number of aryl methyl sites for hydroxylation is 2. The zero-order valence-corrected chi connectivity index (χ0v) is 15.8. The maximum Gasteiger partial charge on any atom is 0.272 e. The van der Waals surface area contributed by atoms with Crippen LogP contribution in [0.4, 0.5) is 10.1 Å². The van der Waals surface area contributed by atoms with Crippen LogP contribution in [0.5, 0.6) is 11.5 Å². The smallest absolute Gasteiger partial charge is 0.272 e. The third kappa shape index (κ3) is 3.82. The standard InChI is InChI=1S/C21H18FN3O4/c1-11-5-18-19(29-4-3-28-18)10-17(11)23-20(26)14-7-13(8-15(22)9-14)16-6-12(2)24-25-21(16)27/h5-10H,3-4H2,1-2H3,(H,23,26)(H,25,27). The molecule has 0 spiro atoms. The van der Waals surface area contributed by atoms with Gasteiger partial charge in [0.1, 0.15) is 19.0 Å². The number of anilines is 1. The molecule has 1 aliphatic heterocycles. The molecule has 0 atom stereocenters. The Labute approximate surface area is 165 Å². The van der Waals surface area contributed by atoms with E-state index in [-0.39, 0.29) is 11.1 Å². The molecule has 1 aliphatic rings. The van der Waals surface area contributed by atoms with E-state index in [2.05, 4.69) is 15.5 Å². The van der Waals surface area contributed by atoms with Gasteiger partial charge in [-0.25, -0.2) is 9.49 Å². The number of ether oxygens (including phenoxy) is 2. The van der Waals surface area contributed by atoms with E-state index in [4.69, 9.17) is 9.47 Å². The molecule has 2 aromatic carbocycles. The van der Waals surface area contributed by atoms with Crippen LogP contribution in [0, 0.1) is 19.7 Å². The van der Waals surface area contributed by atoms with Crippen molar-refractivity contribution in [3.8, 4) is 22.6 Å². The summed E-state index contributed by atoms with van der Waals surface area (Å²) < 4.78 is 25.3. The van der Waals surface area contributed by atoms with E-state index in [9.17, 15) is 14.0 Å². The first-order valence-electron chi connectivity index (χ1n) is 8.99. The number of hydrogen-bond donors (Lipinski definition) is 2. The molecule has 148 valence electrons. The Balaban J connectivity index is 1.67. The predicted molar refractivity (Wildman–Crippen MR) is 105 cm³/mol. The molecule has 0 saturated heterocycles. The second kappa shape index (κ2) is 7.38. The molecule has 0 fully saturated rings. The highest BCUT2D eigenvalue weighted by Gasteiger charge is 2.17. The van der Waals surface area contributed by atoms with Gasteiger partial charge in [0.2, 0.25) is 0 Å². The van der Waals surface area contributed by atoms with Crippen molar-refractivity contribution in [1.29, 1.82) is 0 Å². The lowest BCUT2D eigenvalue weighted by Crippen LogP contribution is -2.17. The Morgan fingerprint density at radius 3 is 2.55 bits per heavy atom. The SMILES string of the molecule is Cc1cc(-c2cc(F)cc(C(=O)Nc3cc4c(cc3C)OCCO4)c2)c(=O)[nH]n1. The average Bonchev–Trinajstić information content (AvgIpc) is 2.70. The maximum absolute atomic E-state index is 14.2. The fourth-order valence-electron chi connectivity index (χ4n) is 3.12. The number of halogens is 1. The summed E-state index contributed by atoms with van der Waals surface area (Å²) in [7, 11) is 0. The van der Waals surface area contributed by atoms with E-state index in [1.807, 2.05) is 6.92 Å². The maximum atomic E-state index is 14.2. The van der Waals surface area contributed by atoms with Gasteiger partial charge in [0.25, 0.3) is 11.5 Å². The number of hydrogen-bond acceptors (Lipinski definition) is 5. The molecular weight excluding hydrogens is 377 g/mol. The van der Waals surface area contributed by atoms with Crippen molar-refractivity contribution >= 4 is 11.6 Å². The van der Waals surface area contributed by atoms with Crippen molar-refractivity contribution in [2.24, 2.45) is 0 Å². The molecule has 2 heterocycles. The molecular formula is C21H18FN3O4. The van der Waals surface area contributed by atoms with E-state index in [1.54, 1.807) is 25.1 Å². The number of nitrogens with zero attached hydrogens (tertiary/aromatic N) is 1. The number of H-pyrrole nitrogens is 1. The number of aromatic amines is 1. The van der Waals surface area contributed by atoms with E-state index in [0.29, 0.717) is 41.7 Å². The van der Waals surface area contributed by atoms with Crippen LogP contribution in [0.3, 0.4) is 0 Å². The van der Waals surface area contributed by atoms with Crippen molar-refractivity contribution in [1.82, 2.24) is 10.2 Å². The summed E-state index contributed by atoms with van der Waals surface area (Å²) in [5.41, 5.74) is 2.03. The Bertz CT molecular complexity index is 1170. The van der Waals surface area contributed by atoms with E-state index in [0.717, 1.165) is 11.6 Å². The number of benzene rings is 2. The molecule has 0 bridgehead atoms. The fourth-order valence-corrected chi connectivity index (χ4v) is 3.12. The number of amides is 1. The highest BCUT2D eigenvalue weighted by atomic mass is 19.1. The van der Waals surface area contributed by atoms with Crippen LogP contribution in [0.2, 0.25) is 0 Å². The Morgan fingerprint density at radius 1 is 1.07 bits per heavy atom. The van der Waals surface area contributed by atoms with Gasteiger partial charge in [0.05, 0.1) is 11.3 Å². The van der Waals surface area contributed by atoms with Gasteiger partial charge in [-0.3, -0.25) is 9.59 Å². The van der Waals surface area contributed by atoms with E-state index in [1.165, 1.54) is 12.1 Å². The minimum Gasteiger partial charge on any atom is -0.486 e. The third-order valence-corrected chi connectivity index (χ3v) is 4.54. The Morgan fingerprint density at radius 2 is 1.79 bits per heavy atom. The van der Waals surface area contributed by atoms with Gasteiger partial charge in [-0.15, -0.1) is 0 Å². The summed E-state index contributed by atoms with van der Waals surface area (Å²) in [5, 5.41) is 8.94. The fraction of sp³-hybridized carbons (Fsp3) is 0.190. The van der Waals surface area contributed by atoms with Gasteiger partial charge in [0, 0.05) is 17.3 Å². The molecule has 1 aromatic heterocycles. The second-order valence-electron chi connectivity index (χ2n) is 6.75. The number of rotatable bonds is 3.